The molecule has 0 amide bonds. The molecule has 1 saturated carbocycles. The summed E-state index contributed by atoms with van der Waals surface area (Å²) in [4.78, 5) is 11.2. The number of hydrogen-bond donors (Lipinski definition) is 2. The Balaban J connectivity index is 2.17. The Labute approximate surface area is 118 Å². The summed E-state index contributed by atoms with van der Waals surface area (Å²) >= 11 is 0. The number of para-hydroxylation sites is 1. The summed E-state index contributed by atoms with van der Waals surface area (Å²) in [6.07, 6.45) is 1.92. The van der Waals surface area contributed by atoms with Gasteiger partial charge in [0.05, 0.1) is 22.3 Å². The highest BCUT2D eigenvalue weighted by molar-refractivity contribution is 7.91. The maximum absolute atomic E-state index is 12.0. The Kier molecular flexibility index (Phi) is 4.32. The summed E-state index contributed by atoms with van der Waals surface area (Å²) in [5, 5.41) is 12.2. The fourth-order valence-electron chi connectivity index (χ4n) is 2.57. The third-order valence-electron chi connectivity index (χ3n) is 3.74. The van der Waals surface area contributed by atoms with Crippen molar-refractivity contribution in [1.29, 1.82) is 0 Å². The molecule has 1 aliphatic carbocycles. The Morgan fingerprint density at radius 1 is 1.35 bits per heavy atom. The van der Waals surface area contributed by atoms with Crippen molar-refractivity contribution >= 4 is 21.5 Å². The van der Waals surface area contributed by atoms with E-state index in [0.29, 0.717) is 23.4 Å². The van der Waals surface area contributed by atoms with Crippen molar-refractivity contribution in [3.8, 4) is 0 Å². The first-order chi connectivity index (χ1) is 9.44. The van der Waals surface area contributed by atoms with Crippen LogP contribution in [0, 0.1) is 5.92 Å². The molecule has 0 saturated heterocycles. The standard InChI is InChI=1S/C14H19NO4S/c1-2-20(18,19)13-6-4-3-5-12(13)15-11-8-7-10(9-11)14(16)17/h3-6,10-11,15H,2,7-9H2,1H3,(H,16,17). The third kappa shape index (κ3) is 3.12. The second-order valence-corrected chi connectivity index (χ2v) is 7.34. The van der Waals surface area contributed by atoms with Crippen molar-refractivity contribution in [3.05, 3.63) is 24.3 Å². The zero-order valence-corrected chi connectivity index (χ0v) is 12.2. The zero-order chi connectivity index (χ0) is 14.8. The molecule has 1 aromatic rings. The summed E-state index contributed by atoms with van der Waals surface area (Å²) in [6.45, 7) is 1.61. The molecule has 2 N–H and O–H groups in total. The minimum atomic E-state index is -3.28. The van der Waals surface area contributed by atoms with Gasteiger partial charge in [0.2, 0.25) is 0 Å². The normalized spacial score (nSPS) is 22.6. The molecule has 0 heterocycles. The lowest BCUT2D eigenvalue weighted by atomic mass is 10.1. The van der Waals surface area contributed by atoms with E-state index in [1.165, 1.54) is 0 Å². The number of nitrogens with one attached hydrogen (secondary N) is 1. The number of benzene rings is 1. The van der Waals surface area contributed by atoms with Crippen molar-refractivity contribution in [1.82, 2.24) is 0 Å². The van der Waals surface area contributed by atoms with Gasteiger partial charge in [0.1, 0.15) is 0 Å². The highest BCUT2D eigenvalue weighted by Crippen LogP contribution is 2.30. The predicted molar refractivity (Wildman–Crippen MR) is 76.6 cm³/mol. The van der Waals surface area contributed by atoms with Crippen LogP contribution in [0.25, 0.3) is 0 Å². The molecule has 110 valence electrons. The number of anilines is 1. The minimum Gasteiger partial charge on any atom is -0.481 e. The molecule has 2 unspecified atom stereocenters. The minimum absolute atomic E-state index is 0.0179. The van der Waals surface area contributed by atoms with Crippen LogP contribution in [0.4, 0.5) is 5.69 Å². The van der Waals surface area contributed by atoms with Gasteiger partial charge in [-0.2, -0.15) is 0 Å². The maximum Gasteiger partial charge on any atom is 0.306 e. The number of rotatable bonds is 5. The smallest absolute Gasteiger partial charge is 0.306 e. The summed E-state index contributed by atoms with van der Waals surface area (Å²) in [7, 11) is -3.28. The van der Waals surface area contributed by atoms with E-state index in [4.69, 9.17) is 5.11 Å². The molecule has 2 rings (SSSR count). The van der Waals surface area contributed by atoms with E-state index < -0.39 is 15.8 Å². The summed E-state index contributed by atoms with van der Waals surface area (Å²) < 4.78 is 24.1. The largest absolute Gasteiger partial charge is 0.481 e. The lowest BCUT2D eigenvalue weighted by molar-refractivity contribution is -0.141. The lowest BCUT2D eigenvalue weighted by Gasteiger charge is -2.17. The van der Waals surface area contributed by atoms with E-state index in [1.54, 1.807) is 31.2 Å². The van der Waals surface area contributed by atoms with Crippen LogP contribution in [0.3, 0.4) is 0 Å². The molecule has 20 heavy (non-hydrogen) atoms. The van der Waals surface area contributed by atoms with E-state index in [9.17, 15) is 13.2 Å². The van der Waals surface area contributed by atoms with Crippen LogP contribution in [0.2, 0.25) is 0 Å². The van der Waals surface area contributed by atoms with Crippen molar-refractivity contribution in [2.75, 3.05) is 11.1 Å². The first kappa shape index (κ1) is 14.8. The van der Waals surface area contributed by atoms with E-state index in [-0.39, 0.29) is 17.7 Å². The molecule has 1 aliphatic rings. The fraction of sp³-hybridized carbons (Fsp3) is 0.500. The number of hydrogen-bond acceptors (Lipinski definition) is 4. The molecule has 0 bridgehead atoms. The summed E-state index contributed by atoms with van der Waals surface area (Å²) in [5.74, 6) is -1.06. The van der Waals surface area contributed by atoms with Crippen LogP contribution >= 0.6 is 0 Å². The van der Waals surface area contributed by atoms with Crippen LogP contribution < -0.4 is 5.32 Å². The van der Waals surface area contributed by atoms with Crippen LogP contribution in [-0.4, -0.2) is 31.3 Å². The van der Waals surface area contributed by atoms with Gasteiger partial charge in [-0.15, -0.1) is 0 Å². The molecular formula is C14H19NO4S. The second-order valence-electron chi connectivity index (χ2n) is 5.09. The number of aliphatic carboxylic acids is 1. The first-order valence-corrected chi connectivity index (χ1v) is 8.40. The molecule has 1 aromatic carbocycles. The van der Waals surface area contributed by atoms with Gasteiger partial charge in [-0.25, -0.2) is 8.42 Å². The molecule has 0 aliphatic heterocycles. The van der Waals surface area contributed by atoms with Gasteiger partial charge in [0.15, 0.2) is 9.84 Å². The van der Waals surface area contributed by atoms with Crippen LogP contribution in [-0.2, 0) is 14.6 Å². The SMILES string of the molecule is CCS(=O)(=O)c1ccccc1NC1CCC(C(=O)O)C1. The first-order valence-electron chi connectivity index (χ1n) is 6.75. The molecule has 6 heteroatoms. The average molecular weight is 297 g/mol. The Morgan fingerprint density at radius 2 is 2.05 bits per heavy atom. The molecule has 0 radical (unpaired) electrons. The Morgan fingerprint density at radius 3 is 2.65 bits per heavy atom. The predicted octanol–water partition coefficient (Wildman–Crippen LogP) is 2.15. The average Bonchev–Trinajstić information content (AvgIpc) is 2.88. The molecule has 2 atom stereocenters. The number of carbonyl (C=O) groups is 1. The van der Waals surface area contributed by atoms with Crippen molar-refractivity contribution in [2.45, 2.75) is 37.1 Å². The fourth-order valence-corrected chi connectivity index (χ4v) is 3.63. The van der Waals surface area contributed by atoms with Crippen molar-refractivity contribution in [3.63, 3.8) is 0 Å². The number of carboxylic acid groups (broad SMARTS) is 1. The van der Waals surface area contributed by atoms with Gasteiger partial charge in [0.25, 0.3) is 0 Å². The molecule has 0 aromatic heterocycles. The third-order valence-corrected chi connectivity index (χ3v) is 5.53. The van der Waals surface area contributed by atoms with E-state index in [0.717, 1.165) is 6.42 Å². The number of sulfone groups is 1. The summed E-state index contributed by atoms with van der Waals surface area (Å²) in [5.41, 5.74) is 0.574. The van der Waals surface area contributed by atoms with Gasteiger partial charge < -0.3 is 10.4 Å². The number of carboxylic acids is 1. The van der Waals surface area contributed by atoms with E-state index in [2.05, 4.69) is 5.32 Å². The van der Waals surface area contributed by atoms with Gasteiger partial charge in [-0.05, 0) is 31.4 Å². The highest BCUT2D eigenvalue weighted by Gasteiger charge is 2.30. The monoisotopic (exact) mass is 297 g/mol. The van der Waals surface area contributed by atoms with Crippen molar-refractivity contribution < 1.29 is 18.3 Å². The maximum atomic E-state index is 12.0. The highest BCUT2D eigenvalue weighted by atomic mass is 32.2. The van der Waals surface area contributed by atoms with Crippen LogP contribution in [0.5, 0.6) is 0 Å². The Hall–Kier alpha value is -1.56. The molecule has 5 nitrogen and oxygen atoms in total. The quantitative estimate of drug-likeness (QED) is 0.870. The van der Waals surface area contributed by atoms with Gasteiger partial charge in [-0.1, -0.05) is 19.1 Å². The van der Waals surface area contributed by atoms with E-state index >= 15 is 0 Å². The van der Waals surface area contributed by atoms with E-state index in [1.807, 2.05) is 0 Å². The topological polar surface area (TPSA) is 83.5 Å². The Bertz CT molecular complexity index is 597. The zero-order valence-electron chi connectivity index (χ0n) is 11.4. The lowest BCUT2D eigenvalue weighted by Crippen LogP contribution is -2.19. The van der Waals surface area contributed by atoms with Gasteiger partial charge >= 0.3 is 5.97 Å². The summed E-state index contributed by atoms with van der Waals surface area (Å²) in [6, 6.07) is 6.81. The molecule has 1 fully saturated rings. The van der Waals surface area contributed by atoms with Crippen LogP contribution in [0.1, 0.15) is 26.2 Å². The molecule has 0 spiro atoms. The molecular weight excluding hydrogens is 278 g/mol. The van der Waals surface area contributed by atoms with Crippen LogP contribution in [0.15, 0.2) is 29.2 Å². The second kappa shape index (κ2) is 5.83. The van der Waals surface area contributed by atoms with Crippen molar-refractivity contribution in [2.24, 2.45) is 5.92 Å². The van der Waals surface area contributed by atoms with Gasteiger partial charge in [0, 0.05) is 6.04 Å². The van der Waals surface area contributed by atoms with Gasteiger partial charge in [-0.3, -0.25) is 4.79 Å².